The molecular formula is C18H18FN3O2. The van der Waals surface area contributed by atoms with E-state index in [1.165, 1.54) is 17.0 Å². The van der Waals surface area contributed by atoms with Crippen LogP contribution in [0.5, 0.6) is 5.75 Å². The third-order valence-electron chi connectivity index (χ3n) is 3.23. The van der Waals surface area contributed by atoms with Crippen LogP contribution in [0.4, 0.5) is 10.2 Å². The highest BCUT2D eigenvalue weighted by atomic mass is 19.1. The van der Waals surface area contributed by atoms with E-state index in [0.29, 0.717) is 30.0 Å². The van der Waals surface area contributed by atoms with E-state index in [0.717, 1.165) is 11.3 Å². The van der Waals surface area contributed by atoms with Gasteiger partial charge >= 0.3 is 0 Å². The molecule has 1 heterocycles. The third kappa shape index (κ3) is 4.19. The molecular weight excluding hydrogens is 309 g/mol. The fraction of sp³-hybridized carbons (Fsp3) is 0.111. The molecule has 5 nitrogen and oxygen atoms in total. The van der Waals surface area contributed by atoms with Crippen LogP contribution >= 0.6 is 0 Å². The van der Waals surface area contributed by atoms with Gasteiger partial charge in [0.25, 0.3) is 0 Å². The van der Waals surface area contributed by atoms with E-state index in [4.69, 9.17) is 10.5 Å². The standard InChI is InChI=1S/C18H18FN3O2/c1-13-10-16(24-9-5-3-4-6-14(2)19)7-8-17(13)22-18(20)15(12-23)11-21-22/h3-8,10-12H,2,9,20H2,1H3/b5-3-,6-4-. The lowest BCUT2D eigenvalue weighted by atomic mass is 10.2. The smallest absolute Gasteiger partial charge is 0.155 e. The second-order valence-electron chi connectivity index (χ2n) is 5.01. The van der Waals surface area contributed by atoms with E-state index in [1.807, 2.05) is 19.1 Å². The predicted molar refractivity (Wildman–Crippen MR) is 92.1 cm³/mol. The van der Waals surface area contributed by atoms with Crippen molar-refractivity contribution in [3.8, 4) is 11.4 Å². The number of nitrogens with two attached hydrogens (primary N) is 1. The summed E-state index contributed by atoms with van der Waals surface area (Å²) in [6.45, 7) is 5.37. The maximum absolute atomic E-state index is 12.4. The number of aryl methyl sites for hydroxylation is 1. The molecule has 2 rings (SSSR count). The summed E-state index contributed by atoms with van der Waals surface area (Å²) in [5.74, 6) is 0.481. The minimum atomic E-state index is -0.498. The Balaban J connectivity index is 2.05. The molecule has 1 aromatic carbocycles. The Bertz CT molecular complexity index is 807. The number of allylic oxidation sites excluding steroid dienone is 4. The van der Waals surface area contributed by atoms with Crippen LogP contribution in [0, 0.1) is 6.92 Å². The van der Waals surface area contributed by atoms with Crippen molar-refractivity contribution in [1.82, 2.24) is 9.78 Å². The number of nitrogen functional groups attached to an aromatic ring is 1. The largest absolute Gasteiger partial charge is 0.490 e. The van der Waals surface area contributed by atoms with E-state index in [2.05, 4.69) is 11.7 Å². The van der Waals surface area contributed by atoms with Gasteiger partial charge in [-0.1, -0.05) is 18.7 Å². The Hall–Kier alpha value is -3.15. The highest BCUT2D eigenvalue weighted by molar-refractivity contribution is 5.82. The van der Waals surface area contributed by atoms with Crippen LogP contribution in [0.15, 0.2) is 61.1 Å². The summed E-state index contributed by atoms with van der Waals surface area (Å²) in [4.78, 5) is 10.9. The van der Waals surface area contributed by atoms with Crippen LogP contribution in [0.3, 0.4) is 0 Å². The molecule has 0 aliphatic heterocycles. The highest BCUT2D eigenvalue weighted by Crippen LogP contribution is 2.23. The first-order valence-corrected chi connectivity index (χ1v) is 7.23. The number of hydrogen-bond acceptors (Lipinski definition) is 4. The minimum absolute atomic E-state index is 0.297. The molecule has 0 amide bonds. The van der Waals surface area contributed by atoms with Gasteiger partial charge in [-0.15, -0.1) is 0 Å². The zero-order valence-electron chi connectivity index (χ0n) is 13.3. The number of aldehydes is 1. The normalized spacial score (nSPS) is 11.2. The van der Waals surface area contributed by atoms with Crippen molar-refractivity contribution in [2.75, 3.05) is 12.3 Å². The molecule has 24 heavy (non-hydrogen) atoms. The highest BCUT2D eigenvalue weighted by Gasteiger charge is 2.10. The van der Waals surface area contributed by atoms with Crippen molar-refractivity contribution < 1.29 is 13.9 Å². The number of aromatic nitrogens is 2. The number of nitrogens with zero attached hydrogens (tertiary/aromatic N) is 2. The summed E-state index contributed by atoms with van der Waals surface area (Å²) in [5, 5.41) is 4.12. The molecule has 0 unspecified atom stereocenters. The number of halogens is 1. The monoisotopic (exact) mass is 327 g/mol. The van der Waals surface area contributed by atoms with Gasteiger partial charge in [-0.05, 0) is 42.8 Å². The molecule has 0 saturated carbocycles. The van der Waals surface area contributed by atoms with E-state index < -0.39 is 5.83 Å². The van der Waals surface area contributed by atoms with Crippen LogP contribution in [0.1, 0.15) is 15.9 Å². The summed E-state index contributed by atoms with van der Waals surface area (Å²) in [5.41, 5.74) is 7.91. The number of carbonyl (C=O) groups is 1. The summed E-state index contributed by atoms with van der Waals surface area (Å²) in [6.07, 6.45) is 8.34. The SMILES string of the molecule is C=C(F)/C=C\C=C/COc1ccc(-n2ncc(C=O)c2N)c(C)c1. The first-order chi connectivity index (χ1) is 11.5. The van der Waals surface area contributed by atoms with Crippen LogP contribution in [0.2, 0.25) is 0 Å². The van der Waals surface area contributed by atoms with Crippen LogP contribution in [0.25, 0.3) is 5.69 Å². The Morgan fingerprint density at radius 1 is 1.46 bits per heavy atom. The average Bonchev–Trinajstić information content (AvgIpc) is 2.91. The molecule has 0 atom stereocenters. The molecule has 6 heteroatoms. The summed E-state index contributed by atoms with van der Waals surface area (Å²) in [7, 11) is 0. The van der Waals surface area contributed by atoms with Crippen molar-refractivity contribution in [2.45, 2.75) is 6.92 Å². The van der Waals surface area contributed by atoms with Gasteiger partial charge in [0, 0.05) is 0 Å². The van der Waals surface area contributed by atoms with Crippen LogP contribution in [-0.4, -0.2) is 22.7 Å². The molecule has 124 valence electrons. The van der Waals surface area contributed by atoms with Crippen LogP contribution < -0.4 is 10.5 Å². The van der Waals surface area contributed by atoms with E-state index in [1.54, 1.807) is 24.3 Å². The second kappa shape index (κ2) is 7.92. The van der Waals surface area contributed by atoms with Gasteiger partial charge in [0.05, 0.1) is 17.4 Å². The maximum Gasteiger partial charge on any atom is 0.155 e. The number of hydrogen-bond donors (Lipinski definition) is 1. The minimum Gasteiger partial charge on any atom is -0.490 e. The Kier molecular flexibility index (Phi) is 5.68. The Morgan fingerprint density at radius 3 is 2.88 bits per heavy atom. The molecule has 0 saturated heterocycles. The molecule has 1 aromatic heterocycles. The molecule has 0 radical (unpaired) electrons. The Morgan fingerprint density at radius 2 is 2.25 bits per heavy atom. The van der Waals surface area contributed by atoms with E-state index in [-0.39, 0.29) is 0 Å². The van der Waals surface area contributed by atoms with Gasteiger partial charge in [-0.25, -0.2) is 9.07 Å². The average molecular weight is 327 g/mol. The van der Waals surface area contributed by atoms with Gasteiger partial charge in [0.15, 0.2) is 6.29 Å². The number of anilines is 1. The van der Waals surface area contributed by atoms with Crippen molar-refractivity contribution in [2.24, 2.45) is 0 Å². The molecule has 2 N–H and O–H groups in total. The maximum atomic E-state index is 12.4. The van der Waals surface area contributed by atoms with Crippen molar-refractivity contribution in [1.29, 1.82) is 0 Å². The predicted octanol–water partition coefficient (Wildman–Crippen LogP) is 3.55. The lowest BCUT2D eigenvalue weighted by molar-refractivity contribution is 0.112. The number of carbonyl (C=O) groups excluding carboxylic acids is 1. The molecule has 0 fully saturated rings. The number of benzene rings is 1. The molecule has 0 spiro atoms. The van der Waals surface area contributed by atoms with Gasteiger partial charge in [0.1, 0.15) is 24.0 Å². The lowest BCUT2D eigenvalue weighted by Gasteiger charge is -2.10. The van der Waals surface area contributed by atoms with E-state index >= 15 is 0 Å². The van der Waals surface area contributed by atoms with E-state index in [9.17, 15) is 9.18 Å². The van der Waals surface area contributed by atoms with Gasteiger partial charge in [-0.3, -0.25) is 4.79 Å². The third-order valence-corrected chi connectivity index (χ3v) is 3.23. The van der Waals surface area contributed by atoms with Crippen molar-refractivity contribution >= 4 is 12.1 Å². The second-order valence-corrected chi connectivity index (χ2v) is 5.01. The first-order valence-electron chi connectivity index (χ1n) is 7.23. The van der Waals surface area contributed by atoms with Crippen molar-refractivity contribution in [3.05, 3.63) is 72.2 Å². The number of ether oxygens (including phenoxy) is 1. The molecule has 0 bridgehead atoms. The number of rotatable bonds is 7. The first kappa shape index (κ1) is 17.2. The lowest BCUT2D eigenvalue weighted by Crippen LogP contribution is -2.05. The summed E-state index contributed by atoms with van der Waals surface area (Å²) >= 11 is 0. The van der Waals surface area contributed by atoms with Gasteiger partial charge in [0.2, 0.25) is 0 Å². The summed E-state index contributed by atoms with van der Waals surface area (Å²) < 4.78 is 19.5. The zero-order chi connectivity index (χ0) is 17.5. The zero-order valence-corrected chi connectivity index (χ0v) is 13.3. The van der Waals surface area contributed by atoms with Crippen LogP contribution in [-0.2, 0) is 0 Å². The van der Waals surface area contributed by atoms with Crippen molar-refractivity contribution in [3.63, 3.8) is 0 Å². The fourth-order valence-corrected chi connectivity index (χ4v) is 2.05. The Labute approximate surface area is 139 Å². The quantitative estimate of drug-likeness (QED) is 0.623. The fourth-order valence-electron chi connectivity index (χ4n) is 2.05. The molecule has 2 aromatic rings. The topological polar surface area (TPSA) is 70.1 Å². The molecule has 0 aliphatic carbocycles. The van der Waals surface area contributed by atoms with Gasteiger partial charge < -0.3 is 10.5 Å². The summed E-state index contributed by atoms with van der Waals surface area (Å²) in [6, 6.07) is 5.46. The molecule has 0 aliphatic rings. The van der Waals surface area contributed by atoms with Gasteiger partial charge in [-0.2, -0.15) is 5.10 Å².